The van der Waals surface area contributed by atoms with Crippen molar-refractivity contribution in [1.29, 1.82) is 0 Å². The van der Waals surface area contributed by atoms with Gasteiger partial charge in [0.05, 0.1) is 33.4 Å². The summed E-state index contributed by atoms with van der Waals surface area (Å²) in [7, 11) is 0. The van der Waals surface area contributed by atoms with Crippen LogP contribution < -0.4 is 9.80 Å². The second kappa shape index (κ2) is 22.6. The molecule has 2 heterocycles. The van der Waals surface area contributed by atoms with E-state index in [1.165, 1.54) is 180 Å². The number of benzene rings is 14. The predicted molar refractivity (Wildman–Crippen MR) is 401 cm³/mol. The van der Waals surface area contributed by atoms with Crippen molar-refractivity contribution in [3.8, 4) is 33.6 Å². The second-order valence-corrected chi connectivity index (χ2v) is 27.2. The number of aryl methyl sites for hydroxylation is 2. The summed E-state index contributed by atoms with van der Waals surface area (Å²) in [5.41, 5.74) is 27.8. The van der Waals surface area contributed by atoms with Gasteiger partial charge in [0, 0.05) is 66.4 Å². The Morgan fingerprint density at radius 2 is 0.649 bits per heavy atom. The minimum atomic E-state index is 0.236. The largest absolute Gasteiger partial charge is 0.309 e. The van der Waals surface area contributed by atoms with Crippen LogP contribution >= 0.6 is 0 Å². The summed E-state index contributed by atoms with van der Waals surface area (Å²) in [6, 6.07) is 102. The van der Waals surface area contributed by atoms with E-state index < -0.39 is 0 Å². The van der Waals surface area contributed by atoms with Crippen LogP contribution in [0.5, 0.6) is 0 Å². The summed E-state index contributed by atoms with van der Waals surface area (Å²) >= 11 is 0. The van der Waals surface area contributed by atoms with Gasteiger partial charge in [-0.05, 0) is 225 Å². The van der Waals surface area contributed by atoms with Gasteiger partial charge in [-0.2, -0.15) is 0 Å². The summed E-state index contributed by atoms with van der Waals surface area (Å²) in [4.78, 5) is 5.36. The molecule has 2 aliphatic rings. The van der Waals surface area contributed by atoms with Gasteiger partial charge in [0.2, 0.25) is 0 Å². The fourth-order valence-corrected chi connectivity index (χ4v) is 16.8. The third kappa shape index (κ3) is 9.01. The molecule has 0 spiro atoms. The Morgan fingerprint density at radius 1 is 0.277 bits per heavy atom. The van der Waals surface area contributed by atoms with Crippen molar-refractivity contribution in [3.63, 3.8) is 0 Å². The van der Waals surface area contributed by atoms with Crippen LogP contribution in [0, 0.1) is 0 Å². The number of aromatic nitrogens is 2. The summed E-state index contributed by atoms with van der Waals surface area (Å²) in [5.74, 6) is 0.472. The minimum absolute atomic E-state index is 0.236. The van der Waals surface area contributed by atoms with E-state index in [9.17, 15) is 0 Å². The highest BCUT2D eigenvalue weighted by atomic mass is 15.2. The molecule has 0 N–H and O–H groups in total. The second-order valence-electron chi connectivity index (χ2n) is 27.2. The molecule has 0 saturated heterocycles. The minimum Gasteiger partial charge on any atom is -0.309 e. The lowest BCUT2D eigenvalue weighted by atomic mass is 9.83. The first-order chi connectivity index (χ1) is 46.3. The van der Waals surface area contributed by atoms with Crippen molar-refractivity contribution >= 4 is 110 Å². The van der Waals surface area contributed by atoms with E-state index >= 15 is 0 Å². The summed E-state index contributed by atoms with van der Waals surface area (Å²) in [5, 5.41) is 12.9. The van der Waals surface area contributed by atoms with Crippen LogP contribution in [0.1, 0.15) is 98.6 Å². The van der Waals surface area contributed by atoms with Gasteiger partial charge in [-0.25, -0.2) is 0 Å². The Balaban J connectivity index is 0.906. The molecule has 2 aliphatic carbocycles. The molecule has 0 atom stereocenters. The standard InChI is InChI=1S/C90H74N4/c1-57(2)79-55-87(93(81-41-21-29-61-27-11-13-35-69(61)81)67-43-45-73-71-37-15-17-39-83(71)91(85(73)53-67)65-33-19-31-63(51-65)59-23-7-5-8-24-59)77-50-48-76-80(58(3)4)56-88(78-49-47-75(79)89(77)90(76)78)94(82-42-22-30-62-28-12-14-36-70(62)82)68-44-46-74-72-38-16-18-40-84(72)92(86(74)54-68)66-34-20-32-64(52-66)60-25-9-6-10-26-60/h5-10,15-26,29-34,37-58H,11-14,27-28,35-36H2,1-4H3. The highest BCUT2D eigenvalue weighted by Gasteiger charge is 2.30. The van der Waals surface area contributed by atoms with Gasteiger partial charge in [-0.15, -0.1) is 0 Å². The fourth-order valence-electron chi connectivity index (χ4n) is 16.8. The molecule has 454 valence electrons. The van der Waals surface area contributed by atoms with Crippen LogP contribution in [0.2, 0.25) is 0 Å². The molecule has 0 unspecified atom stereocenters. The normalized spacial score (nSPS) is 13.4. The molecular formula is C90H74N4. The fraction of sp³-hybridized carbons (Fsp3) is 0.156. The number of hydrogen-bond donors (Lipinski definition) is 0. The molecular weight excluding hydrogens is 1140 g/mol. The van der Waals surface area contributed by atoms with Gasteiger partial charge in [0.1, 0.15) is 0 Å². The van der Waals surface area contributed by atoms with Gasteiger partial charge >= 0.3 is 0 Å². The van der Waals surface area contributed by atoms with Crippen molar-refractivity contribution < 1.29 is 0 Å². The smallest absolute Gasteiger partial charge is 0.0561 e. The maximum Gasteiger partial charge on any atom is 0.0561 e. The Hall–Kier alpha value is -10.7. The van der Waals surface area contributed by atoms with Crippen LogP contribution in [0.25, 0.3) is 110 Å². The van der Waals surface area contributed by atoms with E-state index in [2.05, 4.69) is 314 Å². The zero-order valence-electron chi connectivity index (χ0n) is 54.0. The van der Waals surface area contributed by atoms with E-state index in [1.807, 2.05) is 0 Å². The number of hydrogen-bond acceptors (Lipinski definition) is 2. The van der Waals surface area contributed by atoms with E-state index in [4.69, 9.17) is 0 Å². The average molecular weight is 1210 g/mol. The molecule has 0 fully saturated rings. The Morgan fingerprint density at radius 3 is 1.10 bits per heavy atom. The number of para-hydroxylation sites is 2. The quantitative estimate of drug-likeness (QED) is 0.113. The highest BCUT2D eigenvalue weighted by molar-refractivity contribution is 6.30. The van der Waals surface area contributed by atoms with Gasteiger partial charge in [0.15, 0.2) is 0 Å². The molecule has 0 amide bonds. The lowest BCUT2D eigenvalue weighted by molar-refractivity contribution is 0.686. The monoisotopic (exact) mass is 1210 g/mol. The van der Waals surface area contributed by atoms with E-state index in [0.29, 0.717) is 0 Å². The van der Waals surface area contributed by atoms with Crippen LogP contribution in [0.3, 0.4) is 0 Å². The first kappa shape index (κ1) is 56.1. The molecule has 4 nitrogen and oxygen atoms in total. The molecule has 0 aliphatic heterocycles. The Kier molecular flexibility index (Phi) is 13.5. The molecule has 4 heteroatoms. The van der Waals surface area contributed by atoms with E-state index in [0.717, 1.165) is 48.4 Å². The molecule has 18 rings (SSSR count). The SMILES string of the molecule is CC(C)c1cc(N(c2ccc3c4ccccc4n(-c4cccc(-c5ccccc5)c4)c3c2)c2cccc3c2CCCC3)c2ccc3c(C(C)C)cc(N(c4ccc5c6ccccc6n(-c6cccc(-c7ccccc7)c6)c5c4)c4cccc5c4CCCC5)c4ccc1c2c34. The van der Waals surface area contributed by atoms with Gasteiger partial charge in [-0.1, -0.05) is 210 Å². The van der Waals surface area contributed by atoms with Crippen molar-refractivity contribution in [3.05, 3.63) is 300 Å². The molecule has 0 saturated carbocycles. The van der Waals surface area contributed by atoms with Crippen molar-refractivity contribution in [2.75, 3.05) is 9.80 Å². The zero-order chi connectivity index (χ0) is 62.7. The van der Waals surface area contributed by atoms with Crippen molar-refractivity contribution in [1.82, 2.24) is 9.13 Å². The molecule has 2 aromatic heterocycles. The number of fused-ring (bicyclic) bond motifs is 8. The van der Waals surface area contributed by atoms with Gasteiger partial charge in [-0.3, -0.25) is 0 Å². The molecule has 16 aromatic rings. The third-order valence-corrected chi connectivity index (χ3v) is 21.1. The number of nitrogens with zero attached hydrogens (tertiary/aromatic N) is 4. The zero-order valence-corrected chi connectivity index (χ0v) is 54.0. The van der Waals surface area contributed by atoms with Crippen molar-refractivity contribution in [2.45, 2.75) is 90.9 Å². The summed E-state index contributed by atoms with van der Waals surface area (Å²) in [6.07, 6.45) is 9.06. The molecule has 94 heavy (non-hydrogen) atoms. The molecule has 14 aromatic carbocycles. The average Bonchev–Trinajstić information content (AvgIpc) is 0.891. The van der Waals surface area contributed by atoms with Gasteiger partial charge < -0.3 is 18.9 Å². The van der Waals surface area contributed by atoms with Crippen LogP contribution in [-0.4, -0.2) is 9.13 Å². The Labute approximate surface area is 550 Å². The van der Waals surface area contributed by atoms with Crippen LogP contribution in [0.15, 0.2) is 267 Å². The first-order valence-electron chi connectivity index (χ1n) is 34.3. The predicted octanol–water partition coefficient (Wildman–Crippen LogP) is 25.1. The summed E-state index contributed by atoms with van der Waals surface area (Å²) < 4.78 is 5.02. The maximum absolute atomic E-state index is 2.68. The van der Waals surface area contributed by atoms with Crippen molar-refractivity contribution in [2.24, 2.45) is 0 Å². The van der Waals surface area contributed by atoms with Crippen LogP contribution in [-0.2, 0) is 25.7 Å². The highest BCUT2D eigenvalue weighted by Crippen LogP contribution is 2.54. The number of anilines is 6. The summed E-state index contributed by atoms with van der Waals surface area (Å²) in [6.45, 7) is 9.60. The van der Waals surface area contributed by atoms with Crippen LogP contribution in [0.4, 0.5) is 34.1 Å². The molecule has 0 radical (unpaired) electrons. The maximum atomic E-state index is 2.68. The third-order valence-electron chi connectivity index (χ3n) is 21.1. The van der Waals surface area contributed by atoms with E-state index in [1.54, 1.807) is 0 Å². The lowest BCUT2D eigenvalue weighted by Gasteiger charge is -2.34. The first-order valence-corrected chi connectivity index (χ1v) is 34.3. The van der Waals surface area contributed by atoms with E-state index in [-0.39, 0.29) is 11.8 Å². The molecule has 0 bridgehead atoms. The van der Waals surface area contributed by atoms with Gasteiger partial charge in [0.25, 0.3) is 0 Å². The topological polar surface area (TPSA) is 16.3 Å². The lowest BCUT2D eigenvalue weighted by Crippen LogP contribution is -2.17. The number of rotatable bonds is 12. The Bertz CT molecular complexity index is 5300.